The molecule has 0 aliphatic heterocycles. The van der Waals surface area contributed by atoms with Crippen molar-refractivity contribution < 1.29 is 12.9 Å². The quantitative estimate of drug-likeness (QED) is 0.935. The van der Waals surface area contributed by atoms with Gasteiger partial charge in [-0.1, -0.05) is 24.4 Å². The highest BCUT2D eigenvalue weighted by molar-refractivity contribution is 7.91. The Morgan fingerprint density at radius 3 is 2.71 bits per heavy atom. The summed E-state index contributed by atoms with van der Waals surface area (Å²) in [5.74, 6) is 0.600. The van der Waals surface area contributed by atoms with Crippen LogP contribution in [-0.2, 0) is 10.0 Å². The third-order valence-corrected chi connectivity index (χ3v) is 6.64. The van der Waals surface area contributed by atoms with Gasteiger partial charge in [0.05, 0.1) is 5.69 Å². The lowest BCUT2D eigenvalue weighted by atomic mass is 9.96. The molecule has 1 aliphatic carbocycles. The molecule has 5 nitrogen and oxygen atoms in total. The van der Waals surface area contributed by atoms with E-state index < -0.39 is 10.0 Å². The second-order valence-electron chi connectivity index (χ2n) is 5.44. The summed E-state index contributed by atoms with van der Waals surface area (Å²) in [6, 6.07) is 3.52. The van der Waals surface area contributed by atoms with Crippen molar-refractivity contribution in [1.29, 1.82) is 0 Å². The van der Waals surface area contributed by atoms with Crippen LogP contribution in [0.2, 0.25) is 0 Å². The van der Waals surface area contributed by atoms with Gasteiger partial charge in [0, 0.05) is 23.1 Å². The van der Waals surface area contributed by atoms with Crippen molar-refractivity contribution in [2.45, 2.75) is 49.3 Å². The van der Waals surface area contributed by atoms with Crippen LogP contribution >= 0.6 is 11.3 Å². The highest BCUT2D eigenvalue weighted by atomic mass is 32.2. The molecule has 1 saturated carbocycles. The summed E-state index contributed by atoms with van der Waals surface area (Å²) in [6.07, 6.45) is 5.25. The van der Waals surface area contributed by atoms with E-state index in [-0.39, 0.29) is 6.04 Å². The molecule has 0 spiro atoms. The Morgan fingerprint density at radius 1 is 1.29 bits per heavy atom. The monoisotopic (exact) mass is 326 g/mol. The van der Waals surface area contributed by atoms with Crippen molar-refractivity contribution in [3.05, 3.63) is 23.2 Å². The number of rotatable bonds is 4. The number of hydrogen-bond acceptors (Lipinski definition) is 5. The predicted molar refractivity (Wildman–Crippen MR) is 81.7 cm³/mol. The van der Waals surface area contributed by atoms with Gasteiger partial charge in [0.25, 0.3) is 0 Å². The second kappa shape index (κ2) is 5.90. The van der Waals surface area contributed by atoms with Gasteiger partial charge < -0.3 is 4.52 Å². The molecule has 0 amide bonds. The minimum atomic E-state index is -3.43. The number of hydrogen-bond donors (Lipinski definition) is 1. The van der Waals surface area contributed by atoms with Gasteiger partial charge in [-0.25, -0.2) is 13.1 Å². The van der Waals surface area contributed by atoms with Crippen LogP contribution in [-0.4, -0.2) is 19.6 Å². The normalized spacial score (nSPS) is 17.2. The van der Waals surface area contributed by atoms with Crippen LogP contribution in [0, 0.1) is 6.92 Å². The summed E-state index contributed by atoms with van der Waals surface area (Å²) in [6.45, 7) is 1.83. The Bertz CT molecular complexity index is 712. The zero-order valence-corrected chi connectivity index (χ0v) is 13.5. The van der Waals surface area contributed by atoms with Gasteiger partial charge in [-0.3, -0.25) is 0 Å². The molecule has 21 heavy (non-hydrogen) atoms. The summed E-state index contributed by atoms with van der Waals surface area (Å²) in [5, 5.41) is 5.61. The van der Waals surface area contributed by atoms with Crippen LogP contribution in [0.3, 0.4) is 0 Å². The van der Waals surface area contributed by atoms with Crippen LogP contribution in [0.4, 0.5) is 0 Å². The third-order valence-electron chi connectivity index (χ3n) is 3.68. The fourth-order valence-electron chi connectivity index (χ4n) is 2.58. The van der Waals surface area contributed by atoms with Crippen molar-refractivity contribution in [2.24, 2.45) is 0 Å². The van der Waals surface area contributed by atoms with Crippen LogP contribution in [0.1, 0.15) is 37.8 Å². The highest BCUT2D eigenvalue weighted by Crippen LogP contribution is 2.29. The fourth-order valence-corrected chi connectivity index (χ4v) is 5.07. The lowest BCUT2D eigenvalue weighted by molar-refractivity contribution is 0.412. The number of nitrogens with zero attached hydrogens (tertiary/aromatic N) is 1. The Kier molecular flexibility index (Phi) is 4.14. The summed E-state index contributed by atoms with van der Waals surface area (Å²) in [4.78, 5) is 0. The minimum absolute atomic E-state index is 0.0711. The number of sulfonamides is 1. The van der Waals surface area contributed by atoms with Crippen molar-refractivity contribution in [3.63, 3.8) is 0 Å². The first-order valence-electron chi connectivity index (χ1n) is 7.09. The maximum absolute atomic E-state index is 12.4. The number of thiophene rings is 1. The van der Waals surface area contributed by atoms with Crippen molar-refractivity contribution in [1.82, 2.24) is 9.88 Å². The first-order valence-corrected chi connectivity index (χ1v) is 9.45. The third kappa shape index (κ3) is 3.36. The van der Waals surface area contributed by atoms with Gasteiger partial charge in [-0.15, -0.1) is 11.3 Å². The molecule has 2 aromatic heterocycles. The first-order chi connectivity index (χ1) is 10.0. The maximum atomic E-state index is 12.4. The number of nitrogens with one attached hydrogen (secondary N) is 1. The van der Waals surface area contributed by atoms with Crippen molar-refractivity contribution in [3.8, 4) is 11.3 Å². The molecule has 0 bridgehead atoms. The molecule has 0 atom stereocenters. The fraction of sp³-hybridized carbons (Fsp3) is 0.500. The predicted octanol–water partition coefficient (Wildman–Crippen LogP) is 3.32. The molecule has 1 fully saturated rings. The van der Waals surface area contributed by atoms with E-state index in [9.17, 15) is 8.42 Å². The molecule has 0 unspecified atom stereocenters. The average molecular weight is 326 g/mol. The molecule has 0 radical (unpaired) electrons. The summed E-state index contributed by atoms with van der Waals surface area (Å²) in [7, 11) is -3.43. The Hall–Kier alpha value is -1.18. The second-order valence-corrected chi connectivity index (χ2v) is 8.30. The van der Waals surface area contributed by atoms with Gasteiger partial charge in [-0.05, 0) is 25.8 Å². The van der Waals surface area contributed by atoms with Gasteiger partial charge >= 0.3 is 0 Å². The number of aromatic nitrogens is 1. The molecule has 2 heterocycles. The van der Waals surface area contributed by atoms with E-state index in [1.54, 1.807) is 17.5 Å². The highest BCUT2D eigenvalue weighted by Gasteiger charge is 2.23. The van der Waals surface area contributed by atoms with Crippen LogP contribution < -0.4 is 4.72 Å². The molecule has 1 aliphatic rings. The van der Waals surface area contributed by atoms with Gasteiger partial charge in [0.15, 0.2) is 5.76 Å². The van der Waals surface area contributed by atoms with E-state index in [4.69, 9.17) is 4.52 Å². The lowest BCUT2D eigenvalue weighted by Crippen LogP contribution is -2.35. The largest absolute Gasteiger partial charge is 0.356 e. The molecule has 2 aromatic rings. The zero-order chi connectivity index (χ0) is 14.9. The van der Waals surface area contributed by atoms with E-state index in [1.807, 2.05) is 6.92 Å². The molecule has 0 aromatic carbocycles. The van der Waals surface area contributed by atoms with E-state index in [2.05, 4.69) is 9.88 Å². The average Bonchev–Trinajstić information content (AvgIpc) is 3.08. The van der Waals surface area contributed by atoms with Crippen molar-refractivity contribution in [2.75, 3.05) is 0 Å². The molecular formula is C14H18N2O3S2. The van der Waals surface area contributed by atoms with Gasteiger partial charge in [-0.2, -0.15) is 0 Å². The molecule has 7 heteroatoms. The lowest BCUT2D eigenvalue weighted by Gasteiger charge is -2.22. The summed E-state index contributed by atoms with van der Waals surface area (Å²) >= 11 is 1.21. The smallest absolute Gasteiger partial charge is 0.250 e. The molecule has 0 saturated heterocycles. The Balaban J connectivity index is 1.78. The van der Waals surface area contributed by atoms with Crippen LogP contribution in [0.5, 0.6) is 0 Å². The first kappa shape index (κ1) is 14.7. The number of aryl methyl sites for hydroxylation is 1. The van der Waals surface area contributed by atoms with Crippen molar-refractivity contribution >= 4 is 21.4 Å². The molecule has 1 N–H and O–H groups in total. The summed E-state index contributed by atoms with van der Waals surface area (Å²) in [5.41, 5.74) is 1.53. The van der Waals surface area contributed by atoms with Gasteiger partial charge in [0.2, 0.25) is 10.0 Å². The van der Waals surface area contributed by atoms with Gasteiger partial charge in [0.1, 0.15) is 4.21 Å². The standard InChI is InChI=1S/C14H18N2O3S2/c1-10-7-13(19-15-10)11-8-14(20-9-11)21(17,18)16-12-5-3-2-4-6-12/h7-9,12,16H,2-6H2,1H3. The molecule has 114 valence electrons. The van der Waals surface area contributed by atoms with Crippen LogP contribution in [0.25, 0.3) is 11.3 Å². The van der Waals surface area contributed by atoms with E-state index in [0.717, 1.165) is 36.9 Å². The van der Waals surface area contributed by atoms with Crippen LogP contribution in [0.15, 0.2) is 26.2 Å². The topological polar surface area (TPSA) is 72.2 Å². The zero-order valence-electron chi connectivity index (χ0n) is 11.8. The molecule has 3 rings (SSSR count). The summed E-state index contributed by atoms with van der Waals surface area (Å²) < 4.78 is 33.1. The van der Waals surface area contributed by atoms with E-state index >= 15 is 0 Å². The Labute approximate surface area is 128 Å². The van der Waals surface area contributed by atoms with E-state index in [0.29, 0.717) is 9.97 Å². The Morgan fingerprint density at radius 2 is 2.05 bits per heavy atom. The SMILES string of the molecule is Cc1cc(-c2csc(S(=O)(=O)NC3CCCCC3)c2)on1. The maximum Gasteiger partial charge on any atom is 0.250 e. The molecular weight excluding hydrogens is 308 g/mol. The minimum Gasteiger partial charge on any atom is -0.356 e. The van der Waals surface area contributed by atoms with E-state index in [1.165, 1.54) is 17.8 Å².